The molecule has 1 aromatic carbocycles. The molecule has 130 valence electrons. The molecule has 0 bridgehead atoms. The highest BCUT2D eigenvalue weighted by molar-refractivity contribution is 7.89. The van der Waals surface area contributed by atoms with Crippen LogP contribution in [0, 0.1) is 19.7 Å². The van der Waals surface area contributed by atoms with E-state index in [-0.39, 0.29) is 23.9 Å². The average molecular weight is 355 g/mol. The second kappa shape index (κ2) is 7.10. The first-order chi connectivity index (χ1) is 11.2. The van der Waals surface area contributed by atoms with Crippen LogP contribution in [-0.2, 0) is 14.8 Å². The highest BCUT2D eigenvalue weighted by atomic mass is 32.2. The fraction of sp³-hybridized carbons (Fsp3) is 0.333. The lowest BCUT2D eigenvalue weighted by molar-refractivity contribution is -0.116. The number of hydrogen-bond acceptors (Lipinski definition) is 5. The molecule has 0 unspecified atom stereocenters. The van der Waals surface area contributed by atoms with Gasteiger partial charge in [-0.15, -0.1) is 0 Å². The van der Waals surface area contributed by atoms with Crippen LogP contribution in [-0.4, -0.2) is 32.6 Å². The summed E-state index contributed by atoms with van der Waals surface area (Å²) in [5, 5.41) is 3.75. The standard InChI is InChI=1S/C15H18FN3O4S/c1-10-8-13(16)4-5-14(10)24(21,22)17-6-7-19(12(3)20)15-9-11(2)23-18-15/h4-5,8-9,17H,6-7H2,1-3H3. The molecular weight excluding hydrogens is 337 g/mol. The van der Waals surface area contributed by atoms with Crippen LogP contribution in [0.15, 0.2) is 33.7 Å². The monoisotopic (exact) mass is 355 g/mol. The zero-order valence-corrected chi connectivity index (χ0v) is 14.4. The van der Waals surface area contributed by atoms with Gasteiger partial charge in [0.05, 0.1) is 4.90 Å². The second-order valence-corrected chi connectivity index (χ2v) is 7.01. The van der Waals surface area contributed by atoms with Gasteiger partial charge in [-0.3, -0.25) is 9.69 Å². The van der Waals surface area contributed by atoms with E-state index in [9.17, 15) is 17.6 Å². The Hall–Kier alpha value is -2.26. The van der Waals surface area contributed by atoms with Crippen LogP contribution in [0.4, 0.5) is 10.2 Å². The van der Waals surface area contributed by atoms with Gasteiger partial charge in [0.1, 0.15) is 11.6 Å². The molecule has 0 spiro atoms. The minimum atomic E-state index is -3.80. The third-order valence-electron chi connectivity index (χ3n) is 3.33. The molecule has 1 aromatic heterocycles. The SMILES string of the molecule is CC(=O)N(CCNS(=O)(=O)c1ccc(F)cc1C)c1cc(C)on1. The summed E-state index contributed by atoms with van der Waals surface area (Å²) in [7, 11) is -3.80. The number of benzene rings is 1. The molecule has 0 radical (unpaired) electrons. The van der Waals surface area contributed by atoms with Crippen LogP contribution in [0.5, 0.6) is 0 Å². The van der Waals surface area contributed by atoms with Gasteiger partial charge in [-0.2, -0.15) is 0 Å². The number of rotatable bonds is 6. The molecule has 0 saturated heterocycles. The Labute approximate surface area is 139 Å². The molecule has 0 saturated carbocycles. The number of nitrogens with one attached hydrogen (secondary N) is 1. The summed E-state index contributed by atoms with van der Waals surface area (Å²) < 4.78 is 45.0. The summed E-state index contributed by atoms with van der Waals surface area (Å²) in [4.78, 5) is 13.0. The van der Waals surface area contributed by atoms with Crippen molar-refractivity contribution in [2.45, 2.75) is 25.7 Å². The number of sulfonamides is 1. The van der Waals surface area contributed by atoms with Gasteiger partial charge in [-0.25, -0.2) is 17.5 Å². The maximum atomic E-state index is 13.1. The zero-order chi connectivity index (χ0) is 17.9. The fourth-order valence-electron chi connectivity index (χ4n) is 2.20. The predicted octanol–water partition coefficient (Wildman–Crippen LogP) is 1.76. The van der Waals surface area contributed by atoms with Crippen LogP contribution < -0.4 is 9.62 Å². The summed E-state index contributed by atoms with van der Waals surface area (Å²) in [5.74, 6) is 0.0620. The molecule has 0 aliphatic rings. The van der Waals surface area contributed by atoms with Gasteiger partial charge < -0.3 is 4.52 Å². The molecule has 0 aliphatic carbocycles. The van der Waals surface area contributed by atoms with Crippen molar-refractivity contribution in [1.29, 1.82) is 0 Å². The number of aromatic nitrogens is 1. The van der Waals surface area contributed by atoms with Crippen LogP contribution in [0.2, 0.25) is 0 Å². The molecule has 9 heteroatoms. The van der Waals surface area contributed by atoms with Crippen molar-refractivity contribution in [3.05, 3.63) is 41.4 Å². The third-order valence-corrected chi connectivity index (χ3v) is 4.95. The predicted molar refractivity (Wildman–Crippen MR) is 85.6 cm³/mol. The van der Waals surface area contributed by atoms with E-state index in [0.717, 1.165) is 12.1 Å². The van der Waals surface area contributed by atoms with Crippen molar-refractivity contribution >= 4 is 21.7 Å². The van der Waals surface area contributed by atoms with Crippen LogP contribution in [0.1, 0.15) is 18.2 Å². The van der Waals surface area contributed by atoms with Gasteiger partial charge in [0, 0.05) is 26.1 Å². The smallest absolute Gasteiger partial charge is 0.240 e. The molecule has 2 rings (SSSR count). The Morgan fingerprint density at radius 3 is 2.58 bits per heavy atom. The zero-order valence-electron chi connectivity index (χ0n) is 13.5. The first kappa shape index (κ1) is 18.1. The molecule has 0 fully saturated rings. The Balaban J connectivity index is 2.07. The van der Waals surface area contributed by atoms with Gasteiger partial charge in [-0.05, 0) is 37.6 Å². The minimum Gasteiger partial charge on any atom is -0.360 e. The number of aryl methyl sites for hydroxylation is 2. The summed E-state index contributed by atoms with van der Waals surface area (Å²) in [6.07, 6.45) is 0. The Morgan fingerprint density at radius 2 is 2.04 bits per heavy atom. The van der Waals surface area contributed by atoms with E-state index < -0.39 is 15.8 Å². The Kier molecular flexibility index (Phi) is 5.35. The summed E-state index contributed by atoms with van der Waals surface area (Å²) in [6.45, 7) is 4.61. The van der Waals surface area contributed by atoms with E-state index >= 15 is 0 Å². The lowest BCUT2D eigenvalue weighted by Gasteiger charge is -2.18. The van der Waals surface area contributed by atoms with Crippen LogP contribution in [0.25, 0.3) is 0 Å². The van der Waals surface area contributed by atoms with Gasteiger partial charge in [0.2, 0.25) is 15.9 Å². The van der Waals surface area contributed by atoms with Crippen molar-refractivity contribution in [2.75, 3.05) is 18.0 Å². The topological polar surface area (TPSA) is 92.5 Å². The number of carbonyl (C=O) groups excluding carboxylic acids is 1. The van der Waals surface area contributed by atoms with E-state index in [1.165, 1.54) is 24.8 Å². The van der Waals surface area contributed by atoms with Gasteiger partial charge in [0.15, 0.2) is 5.82 Å². The largest absolute Gasteiger partial charge is 0.360 e. The lowest BCUT2D eigenvalue weighted by Crippen LogP contribution is -2.37. The molecule has 1 heterocycles. The second-order valence-electron chi connectivity index (χ2n) is 5.27. The van der Waals surface area contributed by atoms with E-state index in [0.29, 0.717) is 17.1 Å². The number of nitrogens with zero attached hydrogens (tertiary/aromatic N) is 2. The van der Waals surface area contributed by atoms with Crippen molar-refractivity contribution in [1.82, 2.24) is 9.88 Å². The number of carbonyl (C=O) groups is 1. The molecule has 1 N–H and O–H groups in total. The first-order valence-electron chi connectivity index (χ1n) is 7.18. The van der Waals surface area contributed by atoms with Crippen LogP contribution in [0.3, 0.4) is 0 Å². The quantitative estimate of drug-likeness (QED) is 0.852. The van der Waals surface area contributed by atoms with Crippen molar-refractivity contribution in [2.24, 2.45) is 0 Å². The molecule has 7 nitrogen and oxygen atoms in total. The molecule has 1 amide bonds. The van der Waals surface area contributed by atoms with Crippen LogP contribution >= 0.6 is 0 Å². The van der Waals surface area contributed by atoms with E-state index in [4.69, 9.17) is 4.52 Å². The van der Waals surface area contributed by atoms with Gasteiger partial charge >= 0.3 is 0 Å². The Bertz CT molecular complexity index is 848. The van der Waals surface area contributed by atoms with Gasteiger partial charge in [0.25, 0.3) is 0 Å². The molecule has 0 aliphatic heterocycles. The van der Waals surface area contributed by atoms with E-state index in [1.54, 1.807) is 13.0 Å². The minimum absolute atomic E-state index is 0.00412. The number of hydrogen-bond donors (Lipinski definition) is 1. The average Bonchev–Trinajstić information content (AvgIpc) is 2.89. The number of anilines is 1. The maximum Gasteiger partial charge on any atom is 0.240 e. The van der Waals surface area contributed by atoms with E-state index in [2.05, 4.69) is 9.88 Å². The summed E-state index contributed by atoms with van der Waals surface area (Å²) >= 11 is 0. The highest BCUT2D eigenvalue weighted by Crippen LogP contribution is 2.16. The maximum absolute atomic E-state index is 13.1. The number of amides is 1. The summed E-state index contributed by atoms with van der Waals surface area (Å²) in [5.41, 5.74) is 0.304. The first-order valence-corrected chi connectivity index (χ1v) is 8.66. The van der Waals surface area contributed by atoms with Crippen molar-refractivity contribution in [3.63, 3.8) is 0 Å². The highest BCUT2D eigenvalue weighted by Gasteiger charge is 2.19. The normalized spacial score (nSPS) is 11.5. The lowest BCUT2D eigenvalue weighted by atomic mass is 10.2. The molecule has 24 heavy (non-hydrogen) atoms. The summed E-state index contributed by atoms with van der Waals surface area (Å²) in [6, 6.07) is 5.02. The van der Waals surface area contributed by atoms with Crippen molar-refractivity contribution < 1.29 is 22.1 Å². The van der Waals surface area contributed by atoms with Crippen molar-refractivity contribution in [3.8, 4) is 0 Å². The molecule has 0 atom stereocenters. The Morgan fingerprint density at radius 1 is 1.33 bits per heavy atom. The van der Waals surface area contributed by atoms with Gasteiger partial charge in [-0.1, -0.05) is 5.16 Å². The third kappa shape index (κ3) is 4.18. The number of halogens is 1. The fourth-order valence-corrected chi connectivity index (χ4v) is 3.44. The molecular formula is C15H18FN3O4S. The van der Waals surface area contributed by atoms with E-state index in [1.807, 2.05) is 0 Å². The molecule has 2 aromatic rings.